The molecule has 1 aliphatic rings. The van der Waals surface area contributed by atoms with Crippen molar-refractivity contribution >= 4 is 22.8 Å². The van der Waals surface area contributed by atoms with Crippen LogP contribution in [0.5, 0.6) is 0 Å². The van der Waals surface area contributed by atoms with E-state index in [1.807, 2.05) is 26.1 Å². The quantitative estimate of drug-likeness (QED) is 0.540. The van der Waals surface area contributed by atoms with Gasteiger partial charge in [0.15, 0.2) is 5.65 Å². The lowest BCUT2D eigenvalue weighted by atomic mass is 10.1. The molecule has 0 unspecified atom stereocenters. The van der Waals surface area contributed by atoms with Crippen LogP contribution in [0.4, 0.5) is 11.6 Å². The summed E-state index contributed by atoms with van der Waals surface area (Å²) in [6.07, 6.45) is 6.80. The highest BCUT2D eigenvalue weighted by Gasteiger charge is 2.23. The molecule has 4 aromatic heterocycles. The van der Waals surface area contributed by atoms with Gasteiger partial charge in [-0.05, 0) is 37.5 Å². The molecular formula is C21H24N8O2. The largest absolute Gasteiger partial charge is 0.381 e. The van der Waals surface area contributed by atoms with E-state index in [9.17, 15) is 4.79 Å². The molecule has 1 N–H and O–H groups in total. The Morgan fingerprint density at radius 3 is 2.68 bits per heavy atom. The molecule has 0 atom stereocenters. The lowest BCUT2D eigenvalue weighted by molar-refractivity contribution is 0.0695. The summed E-state index contributed by atoms with van der Waals surface area (Å²) < 4.78 is 10.6. The molecule has 5 heterocycles. The van der Waals surface area contributed by atoms with Crippen LogP contribution in [0, 0.1) is 6.92 Å². The first-order valence-corrected chi connectivity index (χ1v) is 10.3. The highest BCUT2D eigenvalue weighted by atomic mass is 16.5. The SMILES string of the molecule is Cc1cc(-c2ccnn2C)ncc1Nc1ncc2c(n1)n(C1CCOCC1)c(=O)n2C. The maximum Gasteiger partial charge on any atom is 0.330 e. The first kappa shape index (κ1) is 19.4. The molecule has 1 aliphatic heterocycles. The maximum atomic E-state index is 12.9. The van der Waals surface area contributed by atoms with Gasteiger partial charge in [0.1, 0.15) is 5.52 Å². The van der Waals surface area contributed by atoms with Gasteiger partial charge in [-0.2, -0.15) is 10.1 Å². The summed E-state index contributed by atoms with van der Waals surface area (Å²) in [5.41, 5.74) is 4.86. The van der Waals surface area contributed by atoms with Crippen LogP contribution in [0.1, 0.15) is 24.4 Å². The molecular weight excluding hydrogens is 396 g/mol. The number of anilines is 2. The van der Waals surface area contributed by atoms with Gasteiger partial charge in [-0.15, -0.1) is 0 Å². The molecule has 5 rings (SSSR count). The van der Waals surface area contributed by atoms with Crippen LogP contribution in [0.25, 0.3) is 22.6 Å². The summed E-state index contributed by atoms with van der Waals surface area (Å²) in [6, 6.07) is 4.00. The fraction of sp³-hybridized carbons (Fsp3) is 0.381. The topological polar surface area (TPSA) is 105 Å². The summed E-state index contributed by atoms with van der Waals surface area (Å²) >= 11 is 0. The number of aryl methyl sites for hydroxylation is 3. The van der Waals surface area contributed by atoms with Crippen LogP contribution in [0.2, 0.25) is 0 Å². The van der Waals surface area contributed by atoms with Crippen molar-refractivity contribution in [2.75, 3.05) is 18.5 Å². The lowest BCUT2D eigenvalue weighted by Crippen LogP contribution is -2.30. The smallest absolute Gasteiger partial charge is 0.330 e. The van der Waals surface area contributed by atoms with E-state index in [2.05, 4.69) is 20.4 Å². The van der Waals surface area contributed by atoms with Crippen molar-refractivity contribution in [3.8, 4) is 11.4 Å². The fourth-order valence-electron chi connectivity index (χ4n) is 4.04. The third-order valence-corrected chi connectivity index (χ3v) is 5.83. The minimum absolute atomic E-state index is 0.0771. The van der Waals surface area contributed by atoms with Gasteiger partial charge in [0, 0.05) is 39.5 Å². The second kappa shape index (κ2) is 7.62. The minimum Gasteiger partial charge on any atom is -0.381 e. The van der Waals surface area contributed by atoms with Crippen molar-refractivity contribution < 1.29 is 4.74 Å². The number of ether oxygens (including phenoxy) is 1. The Morgan fingerprint density at radius 2 is 1.97 bits per heavy atom. The van der Waals surface area contributed by atoms with Crippen molar-refractivity contribution in [1.29, 1.82) is 0 Å². The van der Waals surface area contributed by atoms with Gasteiger partial charge in [-0.25, -0.2) is 9.78 Å². The predicted octanol–water partition coefficient (Wildman–Crippen LogP) is 2.33. The second-order valence-corrected chi connectivity index (χ2v) is 7.81. The number of pyridine rings is 1. The standard InChI is InChI=1S/C21H24N8O2/c1-13-10-15(17-4-7-24-28(17)3)22-11-16(13)25-20-23-12-18-19(26-20)29(21(30)27(18)2)14-5-8-31-9-6-14/h4,7,10-12,14H,5-6,8-9H2,1-3H3,(H,23,25,26). The average Bonchev–Trinajstić information content (AvgIpc) is 3.31. The zero-order valence-corrected chi connectivity index (χ0v) is 17.7. The van der Waals surface area contributed by atoms with Gasteiger partial charge in [0.05, 0.1) is 29.5 Å². The number of hydrogen-bond acceptors (Lipinski definition) is 7. The molecule has 0 amide bonds. The highest BCUT2D eigenvalue weighted by Crippen LogP contribution is 2.26. The van der Waals surface area contributed by atoms with Crippen molar-refractivity contribution in [3.63, 3.8) is 0 Å². The molecule has 10 nitrogen and oxygen atoms in total. The van der Waals surface area contributed by atoms with Crippen LogP contribution in [-0.2, 0) is 18.8 Å². The molecule has 1 saturated heterocycles. The van der Waals surface area contributed by atoms with Gasteiger partial charge in [-0.1, -0.05) is 0 Å². The Morgan fingerprint density at radius 1 is 1.16 bits per heavy atom. The minimum atomic E-state index is -0.0771. The number of aromatic nitrogens is 7. The van der Waals surface area contributed by atoms with E-state index < -0.39 is 0 Å². The van der Waals surface area contributed by atoms with Crippen LogP contribution in [-0.4, -0.2) is 47.1 Å². The van der Waals surface area contributed by atoms with Crippen LogP contribution in [0.3, 0.4) is 0 Å². The number of nitrogens with zero attached hydrogens (tertiary/aromatic N) is 7. The number of fused-ring (bicyclic) bond motifs is 1. The monoisotopic (exact) mass is 420 g/mol. The van der Waals surface area contributed by atoms with E-state index in [0.717, 1.165) is 35.5 Å². The molecule has 0 saturated carbocycles. The Kier molecular flexibility index (Phi) is 4.78. The van der Waals surface area contributed by atoms with E-state index >= 15 is 0 Å². The number of nitrogens with one attached hydrogen (secondary N) is 1. The maximum absolute atomic E-state index is 12.9. The summed E-state index contributed by atoms with van der Waals surface area (Å²) in [5.74, 6) is 0.428. The second-order valence-electron chi connectivity index (χ2n) is 7.81. The summed E-state index contributed by atoms with van der Waals surface area (Å²) in [4.78, 5) is 26.5. The molecule has 31 heavy (non-hydrogen) atoms. The predicted molar refractivity (Wildman–Crippen MR) is 116 cm³/mol. The third-order valence-electron chi connectivity index (χ3n) is 5.83. The zero-order chi connectivity index (χ0) is 21.5. The highest BCUT2D eigenvalue weighted by molar-refractivity contribution is 5.73. The van der Waals surface area contributed by atoms with Crippen LogP contribution < -0.4 is 11.0 Å². The van der Waals surface area contributed by atoms with Gasteiger partial charge < -0.3 is 10.1 Å². The van der Waals surface area contributed by atoms with Crippen molar-refractivity contribution in [3.05, 3.63) is 46.8 Å². The van der Waals surface area contributed by atoms with E-state index in [4.69, 9.17) is 9.72 Å². The Hall–Kier alpha value is -3.53. The van der Waals surface area contributed by atoms with E-state index in [1.54, 1.807) is 39.5 Å². The molecule has 4 aromatic rings. The van der Waals surface area contributed by atoms with Gasteiger partial charge in [0.2, 0.25) is 5.95 Å². The molecule has 0 radical (unpaired) electrons. The fourth-order valence-corrected chi connectivity index (χ4v) is 4.04. The summed E-state index contributed by atoms with van der Waals surface area (Å²) in [6.45, 7) is 3.30. The molecule has 1 fully saturated rings. The molecule has 0 aliphatic carbocycles. The molecule has 0 aromatic carbocycles. The lowest BCUT2D eigenvalue weighted by Gasteiger charge is -2.22. The Labute approximate surface area is 178 Å². The average molecular weight is 420 g/mol. The van der Waals surface area contributed by atoms with E-state index in [1.165, 1.54) is 0 Å². The van der Waals surface area contributed by atoms with E-state index in [0.29, 0.717) is 30.3 Å². The Balaban J connectivity index is 1.50. The van der Waals surface area contributed by atoms with Gasteiger partial charge in [-0.3, -0.25) is 18.8 Å². The molecule has 10 heteroatoms. The van der Waals surface area contributed by atoms with Crippen LogP contribution >= 0.6 is 0 Å². The van der Waals surface area contributed by atoms with Crippen LogP contribution in [0.15, 0.2) is 35.5 Å². The van der Waals surface area contributed by atoms with Crippen molar-refractivity contribution in [1.82, 2.24) is 33.9 Å². The van der Waals surface area contributed by atoms with Gasteiger partial charge >= 0.3 is 5.69 Å². The number of hydrogen-bond donors (Lipinski definition) is 1. The van der Waals surface area contributed by atoms with Crippen molar-refractivity contribution in [2.24, 2.45) is 14.1 Å². The first-order chi connectivity index (χ1) is 15.0. The first-order valence-electron chi connectivity index (χ1n) is 10.3. The number of imidazole rings is 1. The summed E-state index contributed by atoms with van der Waals surface area (Å²) in [5, 5.41) is 7.45. The molecule has 160 valence electrons. The molecule has 0 spiro atoms. The third kappa shape index (κ3) is 3.38. The number of rotatable bonds is 4. The Bertz CT molecular complexity index is 1310. The zero-order valence-electron chi connectivity index (χ0n) is 17.7. The normalized spacial score (nSPS) is 14.9. The summed E-state index contributed by atoms with van der Waals surface area (Å²) in [7, 11) is 3.64. The van der Waals surface area contributed by atoms with Crippen molar-refractivity contribution in [2.45, 2.75) is 25.8 Å². The molecule has 0 bridgehead atoms. The van der Waals surface area contributed by atoms with E-state index in [-0.39, 0.29) is 11.7 Å². The van der Waals surface area contributed by atoms with Gasteiger partial charge in [0.25, 0.3) is 0 Å².